The van der Waals surface area contributed by atoms with Crippen molar-refractivity contribution in [3.05, 3.63) is 43.0 Å². The number of aliphatic hydroxyl groups is 5. The lowest BCUT2D eigenvalue weighted by molar-refractivity contribution is -0.149. The Bertz CT molecular complexity index is 2470. The van der Waals surface area contributed by atoms with Crippen molar-refractivity contribution in [3.63, 3.8) is 0 Å². The predicted molar refractivity (Wildman–Crippen MR) is 231 cm³/mol. The number of carbonyl (C=O) groups is 1. The molecular weight excluding hydrogens is 861 g/mol. The highest BCUT2D eigenvalue weighted by Gasteiger charge is 2.55. The second-order valence-corrected chi connectivity index (χ2v) is 18.1. The molecular formula is C38H56N13O12P. The SMILES string of the molecule is CC(C)OC(=O)[C@H](C)NP(=O)(OC[C@H]1O[C@@H](n2cnc3c(N(C)C)nc(N)nc32)[C@](C)(O)[C@@H]1O)Oc1ccccc1.CN(C)c1nc(N)nc2c1ncn2[C@@H]1O[C@H](CO)[C@@H](O)[C@@]1(C)O. The summed E-state index contributed by atoms with van der Waals surface area (Å²) in [4.78, 5) is 41.3. The zero-order valence-electron chi connectivity index (χ0n) is 36.7. The first kappa shape index (κ1) is 48.1. The normalized spacial score (nSPS) is 27.0. The number of carbonyl (C=O) groups excluding carboxylic acids is 1. The fourth-order valence-electron chi connectivity index (χ4n) is 7.08. The van der Waals surface area contributed by atoms with Gasteiger partial charge >= 0.3 is 13.7 Å². The highest BCUT2D eigenvalue weighted by atomic mass is 31.2. The highest BCUT2D eigenvalue weighted by Crippen LogP contribution is 2.47. The van der Waals surface area contributed by atoms with Crippen LogP contribution in [0.25, 0.3) is 22.3 Å². The number of nitrogens with zero attached hydrogens (tertiary/aromatic N) is 10. The van der Waals surface area contributed by atoms with Crippen molar-refractivity contribution < 1.29 is 58.2 Å². The van der Waals surface area contributed by atoms with Gasteiger partial charge in [-0.05, 0) is 46.8 Å². The Morgan fingerprint density at radius 3 is 1.75 bits per heavy atom. The Morgan fingerprint density at radius 2 is 1.31 bits per heavy atom. The van der Waals surface area contributed by atoms with Crippen molar-refractivity contribution in [2.24, 2.45) is 0 Å². The number of anilines is 4. The van der Waals surface area contributed by atoms with E-state index in [4.69, 9.17) is 34.7 Å². The van der Waals surface area contributed by atoms with E-state index < -0.39 is 87.1 Å². The summed E-state index contributed by atoms with van der Waals surface area (Å²) < 4.78 is 44.9. The lowest BCUT2D eigenvalue weighted by atomic mass is 9.96. The lowest BCUT2D eigenvalue weighted by Gasteiger charge is -2.27. The number of benzene rings is 1. The Hall–Kier alpha value is -5.34. The number of nitrogens with two attached hydrogens (primary N) is 2. The summed E-state index contributed by atoms with van der Waals surface area (Å²) >= 11 is 0. The number of hydrogen-bond acceptors (Lipinski definition) is 22. The zero-order valence-corrected chi connectivity index (χ0v) is 37.6. The van der Waals surface area contributed by atoms with Gasteiger partial charge in [-0.15, -0.1) is 0 Å². The van der Waals surface area contributed by atoms with Gasteiger partial charge in [0.25, 0.3) is 0 Å². The van der Waals surface area contributed by atoms with Crippen LogP contribution in [-0.2, 0) is 28.1 Å². The molecule has 0 aliphatic carbocycles. The first-order valence-electron chi connectivity index (χ1n) is 20.0. The molecule has 350 valence electrons. The van der Waals surface area contributed by atoms with E-state index in [-0.39, 0.29) is 23.3 Å². The third kappa shape index (κ3) is 9.68. The molecule has 26 heteroatoms. The van der Waals surface area contributed by atoms with Crippen molar-refractivity contribution in [2.45, 2.75) is 94.8 Å². The smallest absolute Gasteiger partial charge is 0.459 e. The average molecular weight is 918 g/mol. The molecule has 2 saturated heterocycles. The van der Waals surface area contributed by atoms with Crippen LogP contribution in [0.15, 0.2) is 43.0 Å². The molecule has 0 radical (unpaired) electrons. The van der Waals surface area contributed by atoms with E-state index in [1.807, 2.05) is 0 Å². The molecule has 10 atom stereocenters. The molecule has 5 aromatic rings. The third-order valence-corrected chi connectivity index (χ3v) is 12.0. The summed E-state index contributed by atoms with van der Waals surface area (Å²) in [6.07, 6.45) is -4.52. The van der Waals surface area contributed by atoms with Crippen LogP contribution >= 0.6 is 7.75 Å². The molecule has 7 rings (SSSR count). The fraction of sp³-hybridized carbons (Fsp3) is 0.553. The summed E-state index contributed by atoms with van der Waals surface area (Å²) in [6, 6.07) is 7.17. The minimum atomic E-state index is -4.24. The predicted octanol–water partition coefficient (Wildman–Crippen LogP) is 0.0933. The molecule has 0 amide bonds. The molecule has 0 saturated carbocycles. The lowest BCUT2D eigenvalue weighted by Crippen LogP contribution is -2.44. The summed E-state index contributed by atoms with van der Waals surface area (Å²) in [6.45, 7) is 6.75. The van der Waals surface area contributed by atoms with Gasteiger partial charge in [0.1, 0.15) is 47.4 Å². The Labute approximate surface area is 367 Å². The minimum Gasteiger partial charge on any atom is -0.462 e. The number of imidazole rings is 2. The quantitative estimate of drug-likeness (QED) is 0.0540. The number of aliphatic hydroxyl groups excluding tert-OH is 3. The minimum absolute atomic E-state index is 0.0174. The molecule has 1 aromatic carbocycles. The molecule has 2 aliphatic heterocycles. The van der Waals surface area contributed by atoms with Crippen molar-refractivity contribution in [2.75, 3.05) is 62.7 Å². The van der Waals surface area contributed by atoms with Crippen LogP contribution in [0.4, 0.5) is 23.5 Å². The monoisotopic (exact) mass is 917 g/mol. The maximum atomic E-state index is 13.8. The van der Waals surface area contributed by atoms with Gasteiger partial charge < -0.3 is 65.5 Å². The van der Waals surface area contributed by atoms with Crippen LogP contribution < -0.4 is 30.9 Å². The third-order valence-electron chi connectivity index (χ3n) is 10.3. The molecule has 2 fully saturated rings. The number of esters is 1. The maximum absolute atomic E-state index is 13.8. The van der Waals surface area contributed by atoms with E-state index >= 15 is 0 Å². The average Bonchev–Trinajstić information content (AvgIpc) is 3.94. The van der Waals surface area contributed by atoms with E-state index in [0.29, 0.717) is 28.3 Å². The van der Waals surface area contributed by atoms with Crippen molar-refractivity contribution >= 4 is 59.6 Å². The topological polar surface area (TPSA) is 339 Å². The summed E-state index contributed by atoms with van der Waals surface area (Å²) in [5.74, 6) is 0.578. The molecule has 6 heterocycles. The van der Waals surface area contributed by atoms with E-state index in [9.17, 15) is 34.9 Å². The van der Waals surface area contributed by atoms with Crippen LogP contribution in [0.3, 0.4) is 0 Å². The fourth-order valence-corrected chi connectivity index (χ4v) is 8.58. The van der Waals surface area contributed by atoms with Crippen molar-refractivity contribution in [1.82, 2.24) is 44.1 Å². The Balaban J connectivity index is 0.000000249. The number of aromatic nitrogens is 8. The number of fused-ring (bicyclic) bond motifs is 2. The summed E-state index contributed by atoms with van der Waals surface area (Å²) in [7, 11) is 2.90. The number of hydrogen-bond donors (Lipinski definition) is 8. The van der Waals surface area contributed by atoms with Crippen molar-refractivity contribution in [1.29, 1.82) is 0 Å². The Morgan fingerprint density at radius 1 is 0.844 bits per heavy atom. The Kier molecular flexibility index (Phi) is 14.0. The van der Waals surface area contributed by atoms with Gasteiger partial charge in [-0.3, -0.25) is 18.5 Å². The van der Waals surface area contributed by atoms with Crippen LogP contribution in [0.1, 0.15) is 47.1 Å². The van der Waals surface area contributed by atoms with Gasteiger partial charge in [0.05, 0.1) is 32.0 Å². The molecule has 25 nitrogen and oxygen atoms in total. The van der Waals surface area contributed by atoms with Gasteiger partial charge in [0.2, 0.25) is 11.9 Å². The van der Waals surface area contributed by atoms with Crippen LogP contribution in [0, 0.1) is 0 Å². The van der Waals surface area contributed by atoms with Gasteiger partial charge in [-0.2, -0.15) is 25.0 Å². The van der Waals surface area contributed by atoms with E-state index in [2.05, 4.69) is 35.0 Å². The second kappa shape index (κ2) is 18.6. The first-order valence-corrected chi connectivity index (χ1v) is 21.6. The maximum Gasteiger partial charge on any atom is 0.459 e. The van der Waals surface area contributed by atoms with Gasteiger partial charge in [-0.1, -0.05) is 18.2 Å². The van der Waals surface area contributed by atoms with E-state index in [0.717, 1.165) is 0 Å². The standard InChI is InChI=1S/C25H36N7O8P.C13H20N6O4/c1-14(2)38-22(34)15(3)30-41(36,40-16-10-8-7-9-11-16)37-12-17-19(33)25(4,35)23(39-17)32-13-27-18-20(31(5)6)28-24(26)29-21(18)32;1-13(22)8(21)6(4-20)23-11(13)19-5-15-7-9(18(2)3)16-12(14)17-10(7)19/h7-11,13-15,17,19,23,33,35H,12H2,1-6H3,(H,30,36)(H2,26,28,29);5-6,8,11,20-22H,4H2,1-3H3,(H2,14,16,17)/t15-,17+,19+,23+,25+,41?;6-,8-,11-,13-/m01/s1. The second-order valence-electron chi connectivity index (χ2n) is 16.4. The number of ether oxygens (including phenoxy) is 3. The molecule has 4 aromatic heterocycles. The highest BCUT2D eigenvalue weighted by molar-refractivity contribution is 7.52. The van der Waals surface area contributed by atoms with Crippen LogP contribution in [0.5, 0.6) is 5.75 Å². The molecule has 0 bridgehead atoms. The molecule has 1 unspecified atom stereocenters. The number of nitrogens with one attached hydrogen (secondary N) is 1. The zero-order chi connectivity index (χ0) is 47.1. The number of rotatable bonds is 14. The van der Waals surface area contributed by atoms with Crippen molar-refractivity contribution in [3.8, 4) is 5.75 Å². The van der Waals surface area contributed by atoms with Gasteiger partial charge in [0, 0.05) is 28.2 Å². The van der Waals surface area contributed by atoms with Crippen LogP contribution in [0.2, 0.25) is 0 Å². The van der Waals surface area contributed by atoms with E-state index in [1.165, 1.54) is 42.6 Å². The largest absolute Gasteiger partial charge is 0.462 e. The molecule has 2 aliphatic rings. The van der Waals surface area contributed by atoms with Crippen LogP contribution in [-0.4, -0.2) is 160 Å². The number of nitrogen functional groups attached to an aromatic ring is 2. The molecule has 10 N–H and O–H groups in total. The molecule has 0 spiro atoms. The molecule has 64 heavy (non-hydrogen) atoms. The van der Waals surface area contributed by atoms with Gasteiger partial charge in [-0.25, -0.2) is 14.5 Å². The number of para-hydroxylation sites is 1. The van der Waals surface area contributed by atoms with E-state index in [1.54, 1.807) is 82.2 Å². The summed E-state index contributed by atoms with van der Waals surface area (Å²) in [5, 5.41) is 54.9. The first-order chi connectivity index (χ1) is 30.0. The van der Waals surface area contributed by atoms with Gasteiger partial charge in [0.15, 0.2) is 46.4 Å². The summed E-state index contributed by atoms with van der Waals surface area (Å²) in [5.41, 5.74) is 9.73.